The minimum atomic E-state index is -0.210. The Labute approximate surface area is 178 Å². The van der Waals surface area contributed by atoms with Gasteiger partial charge in [-0.3, -0.25) is 4.98 Å². The fourth-order valence-electron chi connectivity index (χ4n) is 3.40. The van der Waals surface area contributed by atoms with Crippen molar-refractivity contribution in [2.24, 2.45) is 0 Å². The smallest absolute Gasteiger partial charge is 0.315 e. The van der Waals surface area contributed by atoms with E-state index in [-0.39, 0.29) is 18.1 Å². The molecule has 30 heavy (non-hydrogen) atoms. The first-order valence-electron chi connectivity index (χ1n) is 10.2. The molecule has 2 aromatic carbocycles. The molecule has 0 fully saturated rings. The standard InChI is InChI=1S/C25H29N3O2/c1-18-10-12-20(13-11-18)17-24(23-9-4-5-14-26-23)28-25(29)27-19(2)15-21-7-6-8-22(16-21)30-3/h4-14,16,19,24H,15,17H2,1-3H3,(H2,27,28,29). The average molecular weight is 404 g/mol. The van der Waals surface area contributed by atoms with Crippen LogP contribution in [-0.2, 0) is 12.8 Å². The number of carbonyl (C=O) groups is 1. The van der Waals surface area contributed by atoms with Gasteiger partial charge in [-0.15, -0.1) is 0 Å². The molecule has 0 saturated carbocycles. The van der Waals surface area contributed by atoms with E-state index in [0.29, 0.717) is 6.42 Å². The topological polar surface area (TPSA) is 63.2 Å². The van der Waals surface area contributed by atoms with Crippen LogP contribution in [0.25, 0.3) is 0 Å². The molecule has 1 aromatic heterocycles. The zero-order valence-electron chi connectivity index (χ0n) is 17.8. The Balaban J connectivity index is 1.64. The lowest BCUT2D eigenvalue weighted by Crippen LogP contribution is -2.43. The molecule has 156 valence electrons. The van der Waals surface area contributed by atoms with E-state index in [4.69, 9.17) is 4.74 Å². The molecular formula is C25H29N3O2. The van der Waals surface area contributed by atoms with Gasteiger partial charge < -0.3 is 15.4 Å². The van der Waals surface area contributed by atoms with Crippen LogP contribution in [0.15, 0.2) is 72.9 Å². The van der Waals surface area contributed by atoms with Crippen LogP contribution in [0.5, 0.6) is 5.75 Å². The van der Waals surface area contributed by atoms with Gasteiger partial charge in [0.2, 0.25) is 0 Å². The molecule has 0 aliphatic heterocycles. The molecule has 2 N–H and O–H groups in total. The van der Waals surface area contributed by atoms with Crippen molar-refractivity contribution >= 4 is 6.03 Å². The minimum absolute atomic E-state index is 0.0270. The van der Waals surface area contributed by atoms with E-state index in [1.165, 1.54) is 5.56 Å². The number of pyridine rings is 1. The second-order valence-electron chi connectivity index (χ2n) is 7.57. The van der Waals surface area contributed by atoms with Gasteiger partial charge >= 0.3 is 6.03 Å². The fourth-order valence-corrected chi connectivity index (χ4v) is 3.40. The van der Waals surface area contributed by atoms with Gasteiger partial charge in [0.25, 0.3) is 0 Å². The molecular weight excluding hydrogens is 374 g/mol. The summed E-state index contributed by atoms with van der Waals surface area (Å²) in [7, 11) is 1.65. The Morgan fingerprint density at radius 3 is 2.47 bits per heavy atom. The largest absolute Gasteiger partial charge is 0.497 e. The number of ether oxygens (including phenoxy) is 1. The third-order valence-corrected chi connectivity index (χ3v) is 4.96. The highest BCUT2D eigenvalue weighted by atomic mass is 16.5. The third kappa shape index (κ3) is 6.34. The van der Waals surface area contributed by atoms with E-state index >= 15 is 0 Å². The molecule has 0 aliphatic carbocycles. The van der Waals surface area contributed by atoms with Crippen molar-refractivity contribution in [3.63, 3.8) is 0 Å². The van der Waals surface area contributed by atoms with Gasteiger partial charge in [-0.25, -0.2) is 4.79 Å². The number of rotatable bonds is 8. The summed E-state index contributed by atoms with van der Waals surface area (Å²) in [5.74, 6) is 0.817. The van der Waals surface area contributed by atoms with Crippen LogP contribution in [0.3, 0.4) is 0 Å². The Bertz CT molecular complexity index is 942. The Morgan fingerprint density at radius 2 is 1.77 bits per heavy atom. The van der Waals surface area contributed by atoms with Crippen LogP contribution in [0.1, 0.15) is 35.3 Å². The molecule has 0 spiro atoms. The molecule has 5 heteroatoms. The number of benzene rings is 2. The predicted molar refractivity (Wildman–Crippen MR) is 120 cm³/mol. The predicted octanol–water partition coefficient (Wildman–Crippen LogP) is 4.61. The summed E-state index contributed by atoms with van der Waals surface area (Å²) in [5.41, 5.74) is 4.32. The third-order valence-electron chi connectivity index (χ3n) is 4.96. The summed E-state index contributed by atoms with van der Waals surface area (Å²) >= 11 is 0. The monoisotopic (exact) mass is 403 g/mol. The molecule has 0 saturated heterocycles. The molecule has 0 bridgehead atoms. The van der Waals surface area contributed by atoms with Crippen molar-refractivity contribution < 1.29 is 9.53 Å². The number of aromatic nitrogens is 1. The second-order valence-corrected chi connectivity index (χ2v) is 7.57. The van der Waals surface area contributed by atoms with Crippen LogP contribution >= 0.6 is 0 Å². The van der Waals surface area contributed by atoms with Crippen LogP contribution in [-0.4, -0.2) is 24.2 Å². The maximum absolute atomic E-state index is 12.7. The molecule has 0 aliphatic rings. The molecule has 1 heterocycles. The van der Waals surface area contributed by atoms with E-state index < -0.39 is 0 Å². The second kappa shape index (κ2) is 10.4. The lowest BCUT2D eigenvalue weighted by Gasteiger charge is -2.21. The van der Waals surface area contributed by atoms with Gasteiger partial charge in [-0.1, -0.05) is 48.0 Å². The first-order chi connectivity index (χ1) is 14.5. The normalized spacial score (nSPS) is 12.6. The first-order valence-corrected chi connectivity index (χ1v) is 10.2. The van der Waals surface area contributed by atoms with E-state index in [2.05, 4.69) is 46.8 Å². The van der Waals surface area contributed by atoms with Gasteiger partial charge in [0.1, 0.15) is 5.75 Å². The summed E-state index contributed by atoms with van der Waals surface area (Å²) in [4.78, 5) is 17.2. The maximum Gasteiger partial charge on any atom is 0.315 e. The fraction of sp³-hybridized carbons (Fsp3) is 0.280. The number of aryl methyl sites for hydroxylation is 1. The summed E-state index contributed by atoms with van der Waals surface area (Å²) in [6.07, 6.45) is 3.15. The number of urea groups is 1. The SMILES string of the molecule is COc1cccc(CC(C)NC(=O)NC(Cc2ccc(C)cc2)c2ccccn2)c1. The van der Waals surface area contributed by atoms with Crippen LogP contribution < -0.4 is 15.4 Å². The summed E-state index contributed by atoms with van der Waals surface area (Å²) < 4.78 is 5.28. The summed E-state index contributed by atoms with van der Waals surface area (Å²) in [6.45, 7) is 4.06. The quantitative estimate of drug-likeness (QED) is 0.577. The van der Waals surface area contributed by atoms with Crippen LogP contribution in [0.2, 0.25) is 0 Å². The highest BCUT2D eigenvalue weighted by Gasteiger charge is 2.18. The van der Waals surface area contributed by atoms with Gasteiger partial charge in [0.05, 0.1) is 18.8 Å². The number of nitrogens with zero attached hydrogens (tertiary/aromatic N) is 1. The van der Waals surface area contributed by atoms with Gasteiger partial charge in [0.15, 0.2) is 0 Å². The van der Waals surface area contributed by atoms with Crippen molar-refractivity contribution in [2.45, 2.75) is 38.8 Å². The molecule has 5 nitrogen and oxygen atoms in total. The van der Waals surface area contributed by atoms with Crippen molar-refractivity contribution in [3.8, 4) is 5.75 Å². The molecule has 2 unspecified atom stereocenters. The minimum Gasteiger partial charge on any atom is -0.497 e. The number of methoxy groups -OCH3 is 1. The number of carbonyl (C=O) groups excluding carboxylic acids is 1. The number of nitrogens with one attached hydrogen (secondary N) is 2. The molecule has 3 rings (SSSR count). The van der Waals surface area contributed by atoms with Crippen molar-refractivity contribution in [2.75, 3.05) is 7.11 Å². The van der Waals surface area contributed by atoms with Gasteiger partial charge in [0, 0.05) is 12.2 Å². The Kier molecular flexibility index (Phi) is 7.44. The lowest BCUT2D eigenvalue weighted by molar-refractivity contribution is 0.233. The van der Waals surface area contributed by atoms with E-state index in [1.54, 1.807) is 13.3 Å². The highest BCUT2D eigenvalue weighted by molar-refractivity contribution is 5.74. The molecule has 3 aromatic rings. The number of hydrogen-bond donors (Lipinski definition) is 2. The molecule has 0 radical (unpaired) electrons. The number of hydrogen-bond acceptors (Lipinski definition) is 3. The average Bonchev–Trinajstić information content (AvgIpc) is 2.75. The van der Waals surface area contributed by atoms with E-state index in [9.17, 15) is 4.79 Å². The Hall–Kier alpha value is -3.34. The lowest BCUT2D eigenvalue weighted by atomic mass is 10.0. The van der Waals surface area contributed by atoms with Crippen molar-refractivity contribution in [3.05, 3.63) is 95.3 Å². The van der Waals surface area contributed by atoms with Gasteiger partial charge in [-0.05, 0) is 62.1 Å². The molecule has 2 amide bonds. The van der Waals surface area contributed by atoms with E-state index in [1.807, 2.05) is 49.4 Å². The van der Waals surface area contributed by atoms with Crippen LogP contribution in [0, 0.1) is 6.92 Å². The summed E-state index contributed by atoms with van der Waals surface area (Å²) in [6, 6.07) is 21.6. The van der Waals surface area contributed by atoms with Crippen LogP contribution in [0.4, 0.5) is 4.79 Å². The van der Waals surface area contributed by atoms with Crippen molar-refractivity contribution in [1.82, 2.24) is 15.6 Å². The number of amides is 2. The zero-order chi connectivity index (χ0) is 21.3. The molecule has 2 atom stereocenters. The van der Waals surface area contributed by atoms with E-state index in [0.717, 1.165) is 29.0 Å². The summed E-state index contributed by atoms with van der Waals surface area (Å²) in [5, 5.41) is 6.14. The highest BCUT2D eigenvalue weighted by Crippen LogP contribution is 2.18. The first kappa shape index (κ1) is 21.4. The maximum atomic E-state index is 12.7. The zero-order valence-corrected chi connectivity index (χ0v) is 17.8. The van der Waals surface area contributed by atoms with Crippen molar-refractivity contribution in [1.29, 1.82) is 0 Å². The van der Waals surface area contributed by atoms with Gasteiger partial charge in [-0.2, -0.15) is 0 Å². The Morgan fingerprint density at radius 1 is 0.967 bits per heavy atom.